The van der Waals surface area contributed by atoms with E-state index in [0.717, 1.165) is 4.90 Å². The van der Waals surface area contributed by atoms with Crippen molar-refractivity contribution < 1.29 is 4.74 Å². The summed E-state index contributed by atoms with van der Waals surface area (Å²) in [4.78, 5) is 0.993. The van der Waals surface area contributed by atoms with Gasteiger partial charge in [-0.05, 0) is 42.5 Å². The summed E-state index contributed by atoms with van der Waals surface area (Å²) in [6.45, 7) is 10.8. The Balaban J connectivity index is 3.29. The van der Waals surface area contributed by atoms with Crippen molar-refractivity contribution in [2.75, 3.05) is 7.11 Å². The van der Waals surface area contributed by atoms with Crippen molar-refractivity contribution in [1.82, 2.24) is 0 Å². The fraction of sp³-hybridized carbons (Fsp3) is 0.571. The first-order valence-corrected chi connectivity index (χ1v) is 6.02. The minimum absolute atomic E-state index is 0.136. The maximum Gasteiger partial charge on any atom is 0.0872 e. The van der Waals surface area contributed by atoms with Crippen LogP contribution in [0.25, 0.3) is 0 Å². The van der Waals surface area contributed by atoms with Crippen LogP contribution in [0, 0.1) is 0 Å². The lowest BCUT2D eigenvalue weighted by Gasteiger charge is -2.27. The number of benzene rings is 1. The van der Waals surface area contributed by atoms with Gasteiger partial charge in [-0.15, -0.1) is 12.6 Å². The number of rotatable bonds is 2. The number of thiol groups is 1. The number of hydrogen-bond acceptors (Lipinski definition) is 2. The van der Waals surface area contributed by atoms with E-state index in [2.05, 4.69) is 65.4 Å². The zero-order valence-electron chi connectivity index (χ0n) is 11.1. The van der Waals surface area contributed by atoms with Gasteiger partial charge in [0.05, 0.1) is 5.60 Å². The molecule has 16 heavy (non-hydrogen) atoms. The summed E-state index contributed by atoms with van der Waals surface area (Å²) >= 11 is 4.47. The van der Waals surface area contributed by atoms with Gasteiger partial charge < -0.3 is 4.74 Å². The van der Waals surface area contributed by atoms with Crippen LogP contribution in [0.1, 0.15) is 45.7 Å². The minimum atomic E-state index is -0.265. The van der Waals surface area contributed by atoms with E-state index >= 15 is 0 Å². The summed E-state index contributed by atoms with van der Waals surface area (Å²) in [7, 11) is 1.74. The Kier molecular flexibility index (Phi) is 3.76. The monoisotopic (exact) mass is 238 g/mol. The summed E-state index contributed by atoms with van der Waals surface area (Å²) in [6.07, 6.45) is 0. The van der Waals surface area contributed by atoms with E-state index in [0.29, 0.717) is 0 Å². The molecule has 0 atom stereocenters. The summed E-state index contributed by atoms with van der Waals surface area (Å²) in [5, 5.41) is 0. The summed E-state index contributed by atoms with van der Waals surface area (Å²) in [6, 6.07) is 6.41. The minimum Gasteiger partial charge on any atom is -0.374 e. The summed E-state index contributed by atoms with van der Waals surface area (Å²) in [5.41, 5.74) is 2.34. The molecule has 0 saturated carbocycles. The lowest BCUT2D eigenvalue weighted by Crippen LogP contribution is -2.21. The van der Waals surface area contributed by atoms with Crippen LogP contribution in [-0.2, 0) is 15.8 Å². The van der Waals surface area contributed by atoms with Crippen LogP contribution in [0.5, 0.6) is 0 Å². The Labute approximate surface area is 105 Å². The average molecular weight is 238 g/mol. The molecule has 0 bridgehead atoms. The molecule has 90 valence electrons. The van der Waals surface area contributed by atoms with E-state index in [1.165, 1.54) is 11.1 Å². The van der Waals surface area contributed by atoms with E-state index in [1.54, 1.807) is 7.11 Å². The quantitative estimate of drug-likeness (QED) is 0.761. The third kappa shape index (κ3) is 3.02. The summed E-state index contributed by atoms with van der Waals surface area (Å²) < 4.78 is 5.51. The second-order valence-electron chi connectivity index (χ2n) is 5.73. The Morgan fingerprint density at radius 2 is 1.44 bits per heavy atom. The molecule has 0 aliphatic heterocycles. The highest BCUT2D eigenvalue weighted by atomic mass is 32.1. The second-order valence-corrected chi connectivity index (χ2v) is 6.25. The predicted molar refractivity (Wildman–Crippen MR) is 72.4 cm³/mol. The van der Waals surface area contributed by atoms with E-state index in [9.17, 15) is 0 Å². The molecule has 0 radical (unpaired) electrons. The van der Waals surface area contributed by atoms with Gasteiger partial charge in [0.25, 0.3) is 0 Å². The Morgan fingerprint density at radius 3 is 1.88 bits per heavy atom. The van der Waals surface area contributed by atoms with Gasteiger partial charge in [-0.3, -0.25) is 0 Å². The molecular formula is C14H22OS. The van der Waals surface area contributed by atoms with Crippen LogP contribution < -0.4 is 0 Å². The smallest absolute Gasteiger partial charge is 0.0872 e. The fourth-order valence-corrected chi connectivity index (χ4v) is 1.79. The molecule has 0 saturated heterocycles. The van der Waals surface area contributed by atoms with Gasteiger partial charge in [0, 0.05) is 12.0 Å². The van der Waals surface area contributed by atoms with E-state index in [1.807, 2.05) is 0 Å². The van der Waals surface area contributed by atoms with Gasteiger partial charge in [-0.1, -0.05) is 26.8 Å². The Hall–Kier alpha value is -0.470. The van der Waals surface area contributed by atoms with Gasteiger partial charge in [-0.25, -0.2) is 0 Å². The van der Waals surface area contributed by atoms with Gasteiger partial charge in [0.2, 0.25) is 0 Å². The maximum atomic E-state index is 5.51. The fourth-order valence-electron chi connectivity index (χ4n) is 1.51. The van der Waals surface area contributed by atoms with Crippen LogP contribution in [-0.4, -0.2) is 7.11 Å². The first-order chi connectivity index (χ1) is 7.16. The van der Waals surface area contributed by atoms with Crippen molar-refractivity contribution >= 4 is 12.6 Å². The van der Waals surface area contributed by atoms with Crippen LogP contribution in [0.2, 0.25) is 0 Å². The molecule has 0 unspecified atom stereocenters. The molecule has 0 aromatic heterocycles. The third-order valence-corrected chi connectivity index (χ3v) is 3.25. The highest BCUT2D eigenvalue weighted by molar-refractivity contribution is 7.80. The SMILES string of the molecule is COC(C)(C)c1cc(S)cc(C(C)(C)C)c1. The highest BCUT2D eigenvalue weighted by Crippen LogP contribution is 2.31. The molecule has 0 aliphatic carbocycles. The van der Waals surface area contributed by atoms with E-state index < -0.39 is 0 Å². The standard InChI is InChI=1S/C14H22OS/c1-13(2,3)10-7-11(9-12(16)8-10)14(4,5)15-6/h7-9,16H,1-6H3. The number of methoxy groups -OCH3 is 1. The van der Waals surface area contributed by atoms with Crippen molar-refractivity contribution in [2.45, 2.75) is 50.5 Å². The number of ether oxygens (including phenoxy) is 1. The second kappa shape index (κ2) is 4.42. The molecule has 0 aliphatic rings. The van der Waals surface area contributed by atoms with Crippen molar-refractivity contribution in [2.24, 2.45) is 0 Å². The summed E-state index contributed by atoms with van der Waals surface area (Å²) in [5.74, 6) is 0. The van der Waals surface area contributed by atoms with Gasteiger partial charge in [0.15, 0.2) is 0 Å². The first kappa shape index (κ1) is 13.6. The molecule has 1 aromatic rings. The maximum absolute atomic E-state index is 5.51. The molecule has 1 rings (SSSR count). The van der Waals surface area contributed by atoms with Gasteiger partial charge in [0.1, 0.15) is 0 Å². The predicted octanol–water partition coefficient (Wildman–Crippen LogP) is 4.15. The Morgan fingerprint density at radius 1 is 0.938 bits per heavy atom. The van der Waals surface area contributed by atoms with Crippen molar-refractivity contribution in [3.8, 4) is 0 Å². The Bertz CT molecular complexity index is 375. The molecule has 0 fully saturated rings. The molecule has 0 spiro atoms. The average Bonchev–Trinajstić information content (AvgIpc) is 2.15. The zero-order valence-corrected chi connectivity index (χ0v) is 12.0. The van der Waals surface area contributed by atoms with Crippen LogP contribution in [0.15, 0.2) is 23.1 Å². The lowest BCUT2D eigenvalue weighted by molar-refractivity contribution is 0.0189. The van der Waals surface area contributed by atoms with E-state index in [4.69, 9.17) is 4.74 Å². The molecule has 1 aromatic carbocycles. The number of hydrogen-bond donors (Lipinski definition) is 1. The van der Waals surface area contributed by atoms with Crippen molar-refractivity contribution in [3.05, 3.63) is 29.3 Å². The van der Waals surface area contributed by atoms with Crippen molar-refractivity contribution in [1.29, 1.82) is 0 Å². The van der Waals surface area contributed by atoms with Crippen molar-refractivity contribution in [3.63, 3.8) is 0 Å². The molecule has 0 N–H and O–H groups in total. The molecule has 0 amide bonds. The normalized spacial score (nSPS) is 12.9. The highest BCUT2D eigenvalue weighted by Gasteiger charge is 2.23. The van der Waals surface area contributed by atoms with Crippen LogP contribution in [0.3, 0.4) is 0 Å². The molecular weight excluding hydrogens is 216 g/mol. The topological polar surface area (TPSA) is 9.23 Å². The van der Waals surface area contributed by atoms with Crippen LogP contribution in [0.4, 0.5) is 0 Å². The first-order valence-electron chi connectivity index (χ1n) is 5.57. The molecule has 1 nitrogen and oxygen atoms in total. The largest absolute Gasteiger partial charge is 0.374 e. The third-order valence-electron chi connectivity index (χ3n) is 2.99. The zero-order chi connectivity index (χ0) is 12.6. The van der Waals surface area contributed by atoms with Crippen LogP contribution >= 0.6 is 12.6 Å². The molecule has 0 heterocycles. The van der Waals surface area contributed by atoms with E-state index in [-0.39, 0.29) is 11.0 Å². The molecule has 2 heteroatoms. The van der Waals surface area contributed by atoms with Gasteiger partial charge in [-0.2, -0.15) is 0 Å². The van der Waals surface area contributed by atoms with Gasteiger partial charge >= 0.3 is 0 Å². The lowest BCUT2D eigenvalue weighted by atomic mass is 9.84.